The number of rotatable bonds is 25. The molecule has 2 heterocycles. The smallest absolute Gasteiger partial charge is 0.187 e. The normalized spacial score (nSPS) is 31.9. The Morgan fingerprint density at radius 3 is 1.30 bits per heavy atom. The van der Waals surface area contributed by atoms with Crippen LogP contribution in [0.4, 0.5) is 0 Å². The van der Waals surface area contributed by atoms with Crippen LogP contribution in [0.25, 0.3) is 0 Å². The SMILES string of the molecule is C=CCOC[C@H]1O[C@H](OC[C@H]2O[C@@H](O)[C@H](OCC=C)[C@@H](OCC=C)[C@@H]2OCC=C)[C@H](OCC=C)[C@@H](OCC=C)[C@H]1OCC=C. The molecule has 11 heteroatoms. The molecule has 2 aliphatic heterocycles. The number of aliphatic hydroxyl groups excluding tert-OH is 1. The minimum Gasteiger partial charge on any atom is -0.375 e. The highest BCUT2D eigenvalue weighted by Gasteiger charge is 2.51. The summed E-state index contributed by atoms with van der Waals surface area (Å²) in [7, 11) is 0. The Kier molecular flexibility index (Phi) is 19.2. The molecule has 2 fully saturated rings. The number of hydrogen-bond donors (Lipinski definition) is 1. The molecular weight excluding hydrogens is 572 g/mol. The van der Waals surface area contributed by atoms with Gasteiger partial charge in [-0.25, -0.2) is 0 Å². The maximum atomic E-state index is 10.9. The molecule has 0 saturated carbocycles. The Hall–Kier alpha value is -2.26. The fourth-order valence-corrected chi connectivity index (χ4v) is 4.84. The second-order valence-electron chi connectivity index (χ2n) is 9.79. The average molecular weight is 623 g/mol. The van der Waals surface area contributed by atoms with E-state index in [0.29, 0.717) is 6.61 Å². The summed E-state index contributed by atoms with van der Waals surface area (Å²) < 4.78 is 60.8. The summed E-state index contributed by atoms with van der Waals surface area (Å²) in [6.07, 6.45) is 3.29. The summed E-state index contributed by atoms with van der Waals surface area (Å²) in [6, 6.07) is 0. The Morgan fingerprint density at radius 1 is 0.432 bits per heavy atom. The molecule has 0 amide bonds. The van der Waals surface area contributed by atoms with Crippen LogP contribution in [0, 0.1) is 0 Å². The van der Waals surface area contributed by atoms with Crippen LogP contribution < -0.4 is 0 Å². The van der Waals surface area contributed by atoms with Crippen LogP contribution in [0.5, 0.6) is 0 Å². The Balaban J connectivity index is 2.38. The van der Waals surface area contributed by atoms with Crippen LogP contribution >= 0.6 is 0 Å². The first kappa shape index (κ1) is 37.9. The summed E-state index contributed by atoms with van der Waals surface area (Å²) in [5.74, 6) is 0. The van der Waals surface area contributed by atoms with Gasteiger partial charge in [-0.3, -0.25) is 0 Å². The van der Waals surface area contributed by atoms with Crippen molar-refractivity contribution in [3.63, 3.8) is 0 Å². The molecule has 0 aromatic carbocycles. The topological polar surface area (TPSA) is 113 Å². The van der Waals surface area contributed by atoms with Crippen LogP contribution in [0.1, 0.15) is 0 Å². The van der Waals surface area contributed by atoms with Gasteiger partial charge >= 0.3 is 0 Å². The monoisotopic (exact) mass is 622 g/mol. The molecule has 0 bridgehead atoms. The zero-order chi connectivity index (χ0) is 32.2. The fraction of sp³-hybridized carbons (Fsp3) is 0.576. The Labute approximate surface area is 262 Å². The molecular formula is C33H50O11. The van der Waals surface area contributed by atoms with E-state index in [9.17, 15) is 5.11 Å². The van der Waals surface area contributed by atoms with Gasteiger partial charge in [0.05, 0.1) is 59.5 Å². The van der Waals surface area contributed by atoms with Crippen molar-refractivity contribution >= 4 is 0 Å². The lowest BCUT2D eigenvalue weighted by Gasteiger charge is -2.47. The van der Waals surface area contributed by atoms with E-state index in [1.807, 2.05) is 0 Å². The van der Waals surface area contributed by atoms with Gasteiger partial charge in [-0.05, 0) is 0 Å². The molecule has 1 N–H and O–H groups in total. The first-order chi connectivity index (χ1) is 21.5. The van der Waals surface area contributed by atoms with Gasteiger partial charge in [-0.2, -0.15) is 0 Å². The molecule has 0 radical (unpaired) electrons. The molecule has 0 unspecified atom stereocenters. The largest absolute Gasteiger partial charge is 0.375 e. The third-order valence-corrected chi connectivity index (χ3v) is 6.58. The van der Waals surface area contributed by atoms with Crippen LogP contribution in [0.2, 0.25) is 0 Å². The van der Waals surface area contributed by atoms with Gasteiger partial charge in [-0.15, -0.1) is 46.1 Å². The third-order valence-electron chi connectivity index (χ3n) is 6.58. The van der Waals surface area contributed by atoms with E-state index >= 15 is 0 Å². The van der Waals surface area contributed by atoms with Crippen LogP contribution in [0.3, 0.4) is 0 Å². The lowest BCUT2D eigenvalue weighted by atomic mass is 9.97. The summed E-state index contributed by atoms with van der Waals surface area (Å²) in [6.45, 7) is 27.8. The van der Waals surface area contributed by atoms with Crippen molar-refractivity contribution in [2.24, 2.45) is 0 Å². The molecule has 2 saturated heterocycles. The Morgan fingerprint density at radius 2 is 0.818 bits per heavy atom. The minimum atomic E-state index is -1.34. The highest BCUT2D eigenvalue weighted by Crippen LogP contribution is 2.32. The molecule has 2 aliphatic rings. The minimum absolute atomic E-state index is 0.0772. The number of hydrogen-bond acceptors (Lipinski definition) is 11. The second kappa shape index (κ2) is 22.3. The van der Waals surface area contributed by atoms with Gasteiger partial charge < -0.3 is 52.5 Å². The standard InChI is InChI=1S/C33H50O11/c1-8-15-35-22-24-26(36-16-9-2)29(39-19-12-5)31(41-21-14-7)33(44-24)42-23-25-27(37-17-10-3)28(38-18-11-4)30(32(34)43-25)40-20-13-6/h8-14,24-34H,1-7,15-23H2/t24-,25-,26+,27-,28+,29+,30-,31-,32-,33+/m1/s1. The molecule has 248 valence electrons. The van der Waals surface area contributed by atoms with E-state index in [2.05, 4.69) is 46.1 Å². The second-order valence-corrected chi connectivity index (χ2v) is 9.79. The van der Waals surface area contributed by atoms with E-state index in [0.717, 1.165) is 0 Å². The van der Waals surface area contributed by atoms with Gasteiger partial charge in [-0.1, -0.05) is 42.5 Å². The summed E-state index contributed by atoms with van der Waals surface area (Å²) in [4.78, 5) is 0. The molecule has 0 aromatic heterocycles. The molecule has 0 spiro atoms. The van der Waals surface area contributed by atoms with E-state index in [1.54, 1.807) is 42.5 Å². The van der Waals surface area contributed by atoms with Gasteiger partial charge in [0.2, 0.25) is 0 Å². The van der Waals surface area contributed by atoms with Gasteiger partial charge in [0.1, 0.15) is 48.8 Å². The highest BCUT2D eigenvalue weighted by atomic mass is 16.7. The molecule has 0 aliphatic carbocycles. The lowest BCUT2D eigenvalue weighted by molar-refractivity contribution is -0.341. The maximum absolute atomic E-state index is 10.9. The van der Waals surface area contributed by atoms with Crippen molar-refractivity contribution in [2.45, 2.75) is 61.4 Å². The molecule has 11 nitrogen and oxygen atoms in total. The predicted octanol–water partition coefficient (Wildman–Crippen LogP) is 3.07. The molecule has 2 rings (SSSR count). The van der Waals surface area contributed by atoms with Crippen LogP contribution in [-0.4, -0.2) is 126 Å². The molecule has 10 atom stereocenters. The van der Waals surface area contributed by atoms with E-state index in [1.165, 1.54) is 0 Å². The lowest BCUT2D eigenvalue weighted by Crippen LogP contribution is -2.64. The Bertz CT molecular complexity index is 880. The zero-order valence-electron chi connectivity index (χ0n) is 25.7. The first-order valence-electron chi connectivity index (χ1n) is 14.6. The molecule has 0 aromatic rings. The van der Waals surface area contributed by atoms with Crippen molar-refractivity contribution in [3.05, 3.63) is 88.6 Å². The highest BCUT2D eigenvalue weighted by molar-refractivity contribution is 4.97. The van der Waals surface area contributed by atoms with Crippen molar-refractivity contribution < 1.29 is 52.5 Å². The van der Waals surface area contributed by atoms with Gasteiger partial charge in [0.15, 0.2) is 12.6 Å². The first-order valence-corrected chi connectivity index (χ1v) is 14.6. The number of ether oxygens (including phenoxy) is 10. The van der Waals surface area contributed by atoms with E-state index in [4.69, 9.17) is 47.4 Å². The van der Waals surface area contributed by atoms with Crippen molar-refractivity contribution in [3.8, 4) is 0 Å². The summed E-state index contributed by atoms with van der Waals surface area (Å²) in [5.41, 5.74) is 0. The third kappa shape index (κ3) is 11.6. The van der Waals surface area contributed by atoms with Gasteiger partial charge in [0, 0.05) is 0 Å². The zero-order valence-corrected chi connectivity index (χ0v) is 25.7. The molecule has 44 heavy (non-hydrogen) atoms. The van der Waals surface area contributed by atoms with Gasteiger partial charge in [0.25, 0.3) is 0 Å². The summed E-state index contributed by atoms with van der Waals surface area (Å²) >= 11 is 0. The summed E-state index contributed by atoms with van der Waals surface area (Å²) in [5, 5.41) is 10.9. The average Bonchev–Trinajstić information content (AvgIpc) is 3.03. The quantitative estimate of drug-likeness (QED) is 0.120. The van der Waals surface area contributed by atoms with Crippen molar-refractivity contribution in [1.29, 1.82) is 0 Å². The van der Waals surface area contributed by atoms with Crippen molar-refractivity contribution in [1.82, 2.24) is 0 Å². The van der Waals surface area contributed by atoms with Crippen LogP contribution in [0.15, 0.2) is 88.6 Å². The van der Waals surface area contributed by atoms with Crippen molar-refractivity contribution in [2.75, 3.05) is 59.5 Å². The predicted molar refractivity (Wildman–Crippen MR) is 166 cm³/mol. The van der Waals surface area contributed by atoms with E-state index < -0.39 is 61.4 Å². The fourth-order valence-electron chi connectivity index (χ4n) is 4.84. The number of aliphatic hydroxyl groups is 1. The maximum Gasteiger partial charge on any atom is 0.187 e. The van der Waals surface area contributed by atoms with Crippen LogP contribution in [-0.2, 0) is 47.4 Å². The van der Waals surface area contributed by atoms with E-state index in [-0.39, 0.29) is 52.9 Å².